The first-order valence-corrected chi connectivity index (χ1v) is 8.43. The molecule has 1 atom stereocenters. The molecule has 10 heteroatoms. The van der Waals surface area contributed by atoms with Crippen molar-refractivity contribution in [3.8, 4) is 11.5 Å². The highest BCUT2D eigenvalue weighted by atomic mass is 35.5. The van der Waals surface area contributed by atoms with Crippen molar-refractivity contribution in [2.45, 2.75) is 19.4 Å². The molecular formula is C18H13ClFN3O5. The smallest absolute Gasteiger partial charge is 0.311 e. The monoisotopic (exact) mass is 405 g/mol. The van der Waals surface area contributed by atoms with E-state index in [1.54, 1.807) is 0 Å². The van der Waals surface area contributed by atoms with Crippen LogP contribution in [0.4, 0.5) is 10.1 Å². The maximum atomic E-state index is 13.8. The number of nitro groups is 1. The van der Waals surface area contributed by atoms with Crippen molar-refractivity contribution in [2.75, 3.05) is 0 Å². The molecule has 1 heterocycles. The molecule has 0 aliphatic carbocycles. The van der Waals surface area contributed by atoms with E-state index in [0.29, 0.717) is 5.56 Å². The largest absolute Gasteiger partial charge is 0.452 e. The summed E-state index contributed by atoms with van der Waals surface area (Å²) in [5, 5.41) is 18.5. The summed E-state index contributed by atoms with van der Waals surface area (Å²) in [6, 6.07) is 9.66. The fraction of sp³-hybridized carbons (Fsp3) is 0.167. The molecule has 0 amide bonds. The van der Waals surface area contributed by atoms with Crippen molar-refractivity contribution in [3.63, 3.8) is 0 Å². The highest BCUT2D eigenvalue weighted by molar-refractivity contribution is 6.31. The number of hydrogen-bond acceptors (Lipinski definition) is 7. The highest BCUT2D eigenvalue weighted by Crippen LogP contribution is 2.25. The molecule has 0 radical (unpaired) electrons. The van der Waals surface area contributed by atoms with Gasteiger partial charge in [-0.3, -0.25) is 14.9 Å². The maximum absolute atomic E-state index is 13.8. The lowest BCUT2D eigenvalue weighted by Crippen LogP contribution is -2.13. The summed E-state index contributed by atoms with van der Waals surface area (Å²) in [6.07, 6.45) is -1.23. The fourth-order valence-corrected chi connectivity index (χ4v) is 2.61. The molecule has 0 unspecified atom stereocenters. The molecule has 0 fully saturated rings. The predicted octanol–water partition coefficient (Wildman–Crippen LogP) is 4.28. The van der Waals surface area contributed by atoms with Crippen LogP contribution in [0.1, 0.15) is 24.5 Å². The number of non-ortho nitro benzene ring substituents is 1. The standard InChI is InChI=1S/C18H13ClFN3O5/c1-10(27-16(24)9-13-14(19)3-2-4-15(13)20)17-21-22-18(28-17)11-5-7-12(8-6-11)23(25)26/h2-8,10H,9H2,1H3/t10-/m0/s1. The molecule has 0 spiro atoms. The zero-order valence-corrected chi connectivity index (χ0v) is 15.2. The summed E-state index contributed by atoms with van der Waals surface area (Å²) >= 11 is 5.90. The molecule has 2 aromatic carbocycles. The number of nitrogens with zero attached hydrogens (tertiary/aromatic N) is 3. The summed E-state index contributed by atoms with van der Waals surface area (Å²) in [5.74, 6) is -1.17. The SMILES string of the molecule is C[C@H](OC(=O)Cc1c(F)cccc1Cl)c1nnc(-c2ccc([N+](=O)[O-])cc2)o1. The summed E-state index contributed by atoms with van der Waals surface area (Å²) < 4.78 is 24.4. The number of carbonyl (C=O) groups excluding carboxylic acids is 1. The molecule has 0 bridgehead atoms. The van der Waals surface area contributed by atoms with Crippen molar-refractivity contribution < 1.29 is 23.3 Å². The van der Waals surface area contributed by atoms with Gasteiger partial charge in [0.1, 0.15) is 5.82 Å². The first-order chi connectivity index (χ1) is 13.3. The quantitative estimate of drug-likeness (QED) is 0.342. The number of halogens is 2. The van der Waals surface area contributed by atoms with E-state index < -0.39 is 22.8 Å². The van der Waals surface area contributed by atoms with Crippen LogP contribution in [0.3, 0.4) is 0 Å². The van der Waals surface area contributed by atoms with E-state index in [0.717, 1.165) is 0 Å². The molecule has 0 aliphatic rings. The third kappa shape index (κ3) is 4.32. The molecular weight excluding hydrogens is 393 g/mol. The van der Waals surface area contributed by atoms with Crippen LogP contribution in [0.5, 0.6) is 0 Å². The number of carbonyl (C=O) groups is 1. The Labute approximate surface area is 163 Å². The summed E-state index contributed by atoms with van der Waals surface area (Å²) in [6.45, 7) is 1.52. The molecule has 8 nitrogen and oxygen atoms in total. The van der Waals surface area contributed by atoms with E-state index in [1.165, 1.54) is 49.4 Å². The van der Waals surface area contributed by atoms with Gasteiger partial charge in [0.05, 0.1) is 11.3 Å². The molecule has 0 saturated carbocycles. The van der Waals surface area contributed by atoms with Gasteiger partial charge in [-0.1, -0.05) is 17.7 Å². The van der Waals surface area contributed by atoms with Gasteiger partial charge >= 0.3 is 5.97 Å². The van der Waals surface area contributed by atoms with Gasteiger partial charge in [0, 0.05) is 28.3 Å². The van der Waals surface area contributed by atoms with E-state index in [4.69, 9.17) is 20.8 Å². The lowest BCUT2D eigenvalue weighted by atomic mass is 10.1. The van der Waals surface area contributed by atoms with Gasteiger partial charge in [0.15, 0.2) is 6.10 Å². The Morgan fingerprint density at radius 1 is 1.29 bits per heavy atom. The Morgan fingerprint density at radius 2 is 2.00 bits per heavy atom. The Morgan fingerprint density at radius 3 is 2.64 bits per heavy atom. The van der Waals surface area contributed by atoms with Crippen LogP contribution in [-0.2, 0) is 16.0 Å². The number of rotatable bonds is 6. The van der Waals surface area contributed by atoms with Crippen LogP contribution in [0.15, 0.2) is 46.9 Å². The first kappa shape index (κ1) is 19.4. The number of esters is 1. The second-order valence-electron chi connectivity index (χ2n) is 5.76. The third-order valence-electron chi connectivity index (χ3n) is 3.80. The van der Waals surface area contributed by atoms with Crippen LogP contribution in [0, 0.1) is 15.9 Å². The Kier molecular flexibility index (Phi) is 5.65. The van der Waals surface area contributed by atoms with Gasteiger partial charge in [-0.05, 0) is 31.2 Å². The van der Waals surface area contributed by atoms with Gasteiger partial charge in [-0.15, -0.1) is 10.2 Å². The lowest BCUT2D eigenvalue weighted by Gasteiger charge is -2.10. The average Bonchev–Trinajstić information content (AvgIpc) is 3.15. The minimum absolute atomic E-state index is 0.0290. The van der Waals surface area contributed by atoms with Crippen LogP contribution < -0.4 is 0 Å². The number of hydrogen-bond donors (Lipinski definition) is 0. The Balaban J connectivity index is 1.67. The van der Waals surface area contributed by atoms with Crippen molar-refractivity contribution >= 4 is 23.3 Å². The second kappa shape index (κ2) is 8.13. The average molecular weight is 406 g/mol. The second-order valence-corrected chi connectivity index (χ2v) is 6.17. The maximum Gasteiger partial charge on any atom is 0.311 e. The molecule has 3 rings (SSSR count). The van der Waals surface area contributed by atoms with Crippen molar-refractivity contribution in [1.29, 1.82) is 0 Å². The number of nitro benzene ring substituents is 1. The minimum atomic E-state index is -0.877. The van der Waals surface area contributed by atoms with Crippen LogP contribution in [-0.4, -0.2) is 21.1 Å². The molecule has 3 aromatic rings. The fourth-order valence-electron chi connectivity index (χ4n) is 2.38. The van der Waals surface area contributed by atoms with E-state index in [9.17, 15) is 19.3 Å². The van der Waals surface area contributed by atoms with Gasteiger partial charge in [-0.2, -0.15) is 0 Å². The Hall–Kier alpha value is -3.33. The van der Waals surface area contributed by atoms with Gasteiger partial charge in [-0.25, -0.2) is 4.39 Å². The molecule has 1 aromatic heterocycles. The zero-order chi connectivity index (χ0) is 20.3. The molecule has 0 N–H and O–H groups in total. The molecule has 144 valence electrons. The van der Waals surface area contributed by atoms with Crippen LogP contribution in [0.25, 0.3) is 11.5 Å². The van der Waals surface area contributed by atoms with Crippen LogP contribution in [0.2, 0.25) is 5.02 Å². The van der Waals surface area contributed by atoms with Gasteiger partial charge < -0.3 is 9.15 Å². The molecule has 0 saturated heterocycles. The number of ether oxygens (including phenoxy) is 1. The van der Waals surface area contributed by atoms with Crippen LogP contribution >= 0.6 is 11.6 Å². The summed E-state index contributed by atoms with van der Waals surface area (Å²) in [4.78, 5) is 22.2. The molecule has 28 heavy (non-hydrogen) atoms. The third-order valence-corrected chi connectivity index (χ3v) is 4.16. The highest BCUT2D eigenvalue weighted by Gasteiger charge is 2.21. The molecule has 0 aliphatic heterocycles. The van der Waals surface area contributed by atoms with Crippen molar-refractivity contribution in [3.05, 3.63) is 74.9 Å². The lowest BCUT2D eigenvalue weighted by molar-refractivity contribution is -0.384. The predicted molar refractivity (Wildman–Crippen MR) is 96.0 cm³/mol. The minimum Gasteiger partial charge on any atom is -0.452 e. The topological polar surface area (TPSA) is 108 Å². The normalized spacial score (nSPS) is 11.8. The van der Waals surface area contributed by atoms with E-state index in [2.05, 4.69) is 10.2 Å². The zero-order valence-electron chi connectivity index (χ0n) is 14.5. The van der Waals surface area contributed by atoms with Gasteiger partial charge in [0.25, 0.3) is 11.6 Å². The van der Waals surface area contributed by atoms with E-state index in [-0.39, 0.29) is 34.5 Å². The number of aromatic nitrogens is 2. The Bertz CT molecular complexity index is 1000. The number of benzene rings is 2. The summed E-state index contributed by atoms with van der Waals surface area (Å²) in [7, 11) is 0. The summed E-state index contributed by atoms with van der Waals surface area (Å²) in [5.41, 5.74) is 0.442. The van der Waals surface area contributed by atoms with E-state index >= 15 is 0 Å². The first-order valence-electron chi connectivity index (χ1n) is 8.05. The van der Waals surface area contributed by atoms with Crippen molar-refractivity contribution in [1.82, 2.24) is 10.2 Å². The van der Waals surface area contributed by atoms with Gasteiger partial charge in [0.2, 0.25) is 5.89 Å². The van der Waals surface area contributed by atoms with Crippen molar-refractivity contribution in [2.24, 2.45) is 0 Å². The van der Waals surface area contributed by atoms with E-state index in [1.807, 2.05) is 0 Å².